The highest BCUT2D eigenvalue weighted by molar-refractivity contribution is 5.99. The zero-order valence-corrected chi connectivity index (χ0v) is 21.4. The van der Waals surface area contributed by atoms with Crippen molar-refractivity contribution in [2.24, 2.45) is 17.8 Å². The number of rotatable bonds is 9. The summed E-state index contributed by atoms with van der Waals surface area (Å²) in [5.41, 5.74) is -2.60. The van der Waals surface area contributed by atoms with Gasteiger partial charge in [0.05, 0.1) is 24.2 Å². The van der Waals surface area contributed by atoms with E-state index in [2.05, 4.69) is 13.2 Å². The molecule has 1 spiro atoms. The predicted molar refractivity (Wildman–Crippen MR) is 128 cm³/mol. The highest BCUT2D eigenvalue weighted by atomic mass is 16.6. The fraction of sp³-hybridized carbons (Fsp3) is 0.731. The lowest BCUT2D eigenvalue weighted by atomic mass is 9.66. The summed E-state index contributed by atoms with van der Waals surface area (Å²) in [6.45, 7) is 18.9. The molecule has 34 heavy (non-hydrogen) atoms. The number of amides is 2. The Kier molecular flexibility index (Phi) is 7.08. The summed E-state index contributed by atoms with van der Waals surface area (Å²) in [6, 6.07) is -1.55. The van der Waals surface area contributed by atoms with Gasteiger partial charge in [-0.25, -0.2) is 0 Å². The second kappa shape index (κ2) is 9.11. The summed E-state index contributed by atoms with van der Waals surface area (Å²) in [4.78, 5) is 44.7. The van der Waals surface area contributed by atoms with Crippen LogP contribution in [0.3, 0.4) is 0 Å². The number of nitrogens with zero attached hydrogens (tertiary/aromatic N) is 2. The maximum Gasteiger partial charge on any atom is 0.313 e. The molecule has 3 aliphatic rings. The van der Waals surface area contributed by atoms with Crippen molar-refractivity contribution in [3.63, 3.8) is 0 Å². The molecule has 1 N–H and O–H groups in total. The number of carbonyl (C=O) groups is 3. The van der Waals surface area contributed by atoms with Crippen LogP contribution in [-0.4, -0.2) is 81.3 Å². The van der Waals surface area contributed by atoms with Gasteiger partial charge in [0.2, 0.25) is 11.8 Å². The maximum atomic E-state index is 14.3. The van der Waals surface area contributed by atoms with Crippen molar-refractivity contribution in [3.05, 3.63) is 25.3 Å². The van der Waals surface area contributed by atoms with Gasteiger partial charge >= 0.3 is 5.97 Å². The second-order valence-electron chi connectivity index (χ2n) is 11.3. The first-order chi connectivity index (χ1) is 15.8. The summed E-state index contributed by atoms with van der Waals surface area (Å²) in [7, 11) is 0. The molecule has 2 amide bonds. The molecule has 0 aromatic rings. The first kappa shape index (κ1) is 26.4. The lowest BCUT2D eigenvalue weighted by molar-refractivity contribution is -0.163. The van der Waals surface area contributed by atoms with Gasteiger partial charge in [-0.15, -0.1) is 6.58 Å². The molecule has 190 valence electrons. The number of hydrogen-bond acceptors (Lipinski definition) is 6. The van der Waals surface area contributed by atoms with E-state index in [4.69, 9.17) is 9.47 Å². The number of aliphatic hydroxyl groups excluding tert-OH is 1. The average Bonchev–Trinajstić information content (AvgIpc) is 3.30. The third-order valence-electron chi connectivity index (χ3n) is 7.75. The van der Waals surface area contributed by atoms with Gasteiger partial charge in [-0.3, -0.25) is 14.4 Å². The molecule has 2 unspecified atom stereocenters. The van der Waals surface area contributed by atoms with Crippen molar-refractivity contribution in [1.29, 1.82) is 0 Å². The molecule has 6 atom stereocenters. The first-order valence-electron chi connectivity index (χ1n) is 12.1. The average molecular weight is 477 g/mol. The van der Waals surface area contributed by atoms with Crippen molar-refractivity contribution in [1.82, 2.24) is 9.80 Å². The number of likely N-dealkylation sites (tertiary alicyclic amines) is 1. The van der Waals surface area contributed by atoms with E-state index in [-0.39, 0.29) is 30.9 Å². The quantitative estimate of drug-likeness (QED) is 0.405. The SMILES string of the molecule is C=CCOC(=O)[C@@H]1[C@H]2C(=O)N([C@@H](CO)C(C)C)C(C(=O)N(CC=C)C(C)(C)C)C23CC[C@@]1(C)O3. The van der Waals surface area contributed by atoms with Gasteiger partial charge in [0.15, 0.2) is 0 Å². The molecule has 0 aromatic heterocycles. The molecule has 8 heteroatoms. The van der Waals surface area contributed by atoms with E-state index in [1.54, 1.807) is 11.0 Å². The number of hydrogen-bond donors (Lipinski definition) is 1. The van der Waals surface area contributed by atoms with Crippen molar-refractivity contribution < 1.29 is 29.0 Å². The van der Waals surface area contributed by atoms with Crippen LogP contribution in [-0.2, 0) is 23.9 Å². The zero-order valence-electron chi connectivity index (χ0n) is 21.4. The van der Waals surface area contributed by atoms with Gasteiger partial charge in [0.1, 0.15) is 24.2 Å². The number of fused-ring (bicyclic) bond motifs is 1. The normalized spacial score (nSPS) is 33.1. The molecule has 2 bridgehead atoms. The summed E-state index contributed by atoms with van der Waals surface area (Å²) in [6.07, 6.45) is 4.15. The van der Waals surface area contributed by atoms with Crippen LogP contribution in [0.25, 0.3) is 0 Å². The minimum Gasteiger partial charge on any atom is -0.461 e. The van der Waals surface area contributed by atoms with Crippen LogP contribution < -0.4 is 0 Å². The summed E-state index contributed by atoms with van der Waals surface area (Å²) >= 11 is 0. The van der Waals surface area contributed by atoms with E-state index < -0.39 is 46.6 Å². The van der Waals surface area contributed by atoms with Gasteiger partial charge in [-0.05, 0) is 46.5 Å². The number of esters is 1. The minimum absolute atomic E-state index is 0.0355. The van der Waals surface area contributed by atoms with Gasteiger partial charge < -0.3 is 24.4 Å². The van der Waals surface area contributed by atoms with E-state index in [1.807, 2.05) is 41.5 Å². The fourth-order valence-electron chi connectivity index (χ4n) is 6.18. The Hall–Kier alpha value is -2.19. The third kappa shape index (κ3) is 3.88. The maximum absolute atomic E-state index is 14.3. The Labute approximate surface area is 202 Å². The lowest BCUT2D eigenvalue weighted by Crippen LogP contribution is -2.62. The Bertz CT molecular complexity index is 864. The minimum atomic E-state index is -1.16. The Balaban J connectivity index is 2.17. The van der Waals surface area contributed by atoms with E-state index in [9.17, 15) is 19.5 Å². The van der Waals surface area contributed by atoms with Crippen LogP contribution in [0.5, 0.6) is 0 Å². The molecule has 3 aliphatic heterocycles. The van der Waals surface area contributed by atoms with Gasteiger partial charge in [0.25, 0.3) is 0 Å². The third-order valence-corrected chi connectivity index (χ3v) is 7.75. The highest BCUT2D eigenvalue weighted by Gasteiger charge is 2.79. The number of carbonyl (C=O) groups excluding carboxylic acids is 3. The molecule has 3 rings (SSSR count). The molecular weight excluding hydrogens is 436 g/mol. The van der Waals surface area contributed by atoms with Crippen molar-refractivity contribution in [2.45, 2.75) is 83.2 Å². The van der Waals surface area contributed by atoms with Crippen molar-refractivity contribution in [2.75, 3.05) is 19.8 Å². The lowest BCUT2D eigenvalue weighted by Gasteiger charge is -2.44. The molecule has 3 heterocycles. The molecule has 3 saturated heterocycles. The van der Waals surface area contributed by atoms with Crippen molar-refractivity contribution in [3.8, 4) is 0 Å². The monoisotopic (exact) mass is 476 g/mol. The van der Waals surface area contributed by atoms with Crippen LogP contribution in [0.4, 0.5) is 0 Å². The summed E-state index contributed by atoms with van der Waals surface area (Å²) in [5.74, 6) is -2.90. The van der Waals surface area contributed by atoms with E-state index >= 15 is 0 Å². The van der Waals surface area contributed by atoms with E-state index in [1.165, 1.54) is 11.0 Å². The largest absolute Gasteiger partial charge is 0.461 e. The first-order valence-corrected chi connectivity index (χ1v) is 12.1. The summed E-state index contributed by atoms with van der Waals surface area (Å²) < 4.78 is 12.0. The van der Waals surface area contributed by atoms with Gasteiger partial charge in [0, 0.05) is 12.1 Å². The number of ether oxygens (including phenoxy) is 2. The molecule has 0 radical (unpaired) electrons. The zero-order chi connectivity index (χ0) is 25.6. The van der Waals surface area contributed by atoms with Crippen LogP contribution in [0, 0.1) is 17.8 Å². The molecular formula is C26H40N2O6. The van der Waals surface area contributed by atoms with Crippen molar-refractivity contribution >= 4 is 17.8 Å². The molecule has 8 nitrogen and oxygen atoms in total. The highest BCUT2D eigenvalue weighted by Crippen LogP contribution is 2.64. The number of aliphatic hydroxyl groups is 1. The molecule has 0 saturated carbocycles. The summed E-state index contributed by atoms with van der Waals surface area (Å²) in [5, 5.41) is 10.3. The Morgan fingerprint density at radius 3 is 2.44 bits per heavy atom. The predicted octanol–water partition coefficient (Wildman–Crippen LogP) is 2.31. The smallest absolute Gasteiger partial charge is 0.313 e. The topological polar surface area (TPSA) is 96.4 Å². The fourth-order valence-corrected chi connectivity index (χ4v) is 6.18. The Morgan fingerprint density at radius 2 is 1.94 bits per heavy atom. The van der Waals surface area contributed by atoms with Crippen LogP contribution in [0.2, 0.25) is 0 Å². The van der Waals surface area contributed by atoms with Gasteiger partial charge in [-0.2, -0.15) is 0 Å². The van der Waals surface area contributed by atoms with Crippen LogP contribution >= 0.6 is 0 Å². The Morgan fingerprint density at radius 1 is 1.29 bits per heavy atom. The standard InChI is InChI=1S/C26H40N2O6/c1-9-13-27(24(5,6)7)22(31)20-26-12-11-25(8,34-26)19(23(32)33-14-10-2)18(26)21(30)28(20)17(15-29)16(3)4/h9-10,16-20,29H,1-2,11-15H2,3-8H3/t17-,18-,19-,20?,25+,26?/m0/s1. The van der Waals surface area contributed by atoms with E-state index in [0.717, 1.165) is 0 Å². The van der Waals surface area contributed by atoms with Gasteiger partial charge in [-0.1, -0.05) is 32.6 Å². The van der Waals surface area contributed by atoms with Crippen LogP contribution in [0.15, 0.2) is 25.3 Å². The van der Waals surface area contributed by atoms with Crippen LogP contribution in [0.1, 0.15) is 54.4 Å². The molecule has 0 aliphatic carbocycles. The van der Waals surface area contributed by atoms with E-state index in [0.29, 0.717) is 19.4 Å². The molecule has 3 fully saturated rings. The molecule has 0 aromatic carbocycles. The second-order valence-corrected chi connectivity index (χ2v) is 11.3.